The summed E-state index contributed by atoms with van der Waals surface area (Å²) < 4.78 is 36.0. The Balaban J connectivity index is 1.91. The molecule has 0 spiro atoms. The molecule has 2 aromatic carbocycles. The van der Waals surface area contributed by atoms with E-state index in [0.29, 0.717) is 11.4 Å². The third-order valence-corrected chi connectivity index (χ3v) is 5.20. The fourth-order valence-corrected chi connectivity index (χ4v) is 3.50. The predicted molar refractivity (Wildman–Crippen MR) is 110 cm³/mol. The van der Waals surface area contributed by atoms with Crippen molar-refractivity contribution in [2.24, 2.45) is 0 Å². The maximum Gasteiger partial charge on any atom is 0.240 e. The predicted octanol–water partition coefficient (Wildman–Crippen LogP) is 2.27. The van der Waals surface area contributed by atoms with Crippen LogP contribution >= 0.6 is 0 Å². The number of rotatable bonds is 9. The normalized spacial score (nSPS) is 11.0. The Hall–Kier alpha value is -2.74. The summed E-state index contributed by atoms with van der Waals surface area (Å²) in [5.41, 5.74) is 2.57. The van der Waals surface area contributed by atoms with Crippen molar-refractivity contribution in [1.29, 1.82) is 0 Å². The fraction of sp³-hybridized carbons (Fsp3) is 0.350. The largest absolute Gasteiger partial charge is 0.497 e. The van der Waals surface area contributed by atoms with Gasteiger partial charge in [-0.05, 0) is 49.7 Å². The van der Waals surface area contributed by atoms with Crippen LogP contribution in [-0.2, 0) is 14.8 Å². The van der Waals surface area contributed by atoms with Crippen molar-refractivity contribution in [1.82, 2.24) is 5.32 Å². The van der Waals surface area contributed by atoms with E-state index in [1.807, 2.05) is 32.0 Å². The Labute approximate surface area is 166 Å². The number of ether oxygens (including phenoxy) is 2. The molecule has 0 aliphatic heterocycles. The van der Waals surface area contributed by atoms with E-state index in [0.717, 1.165) is 27.4 Å². The average molecular weight is 407 g/mol. The standard InChI is InChI=1S/C20H26N2O5S/c1-15-5-10-19(16(2)13-15)27-12-11-21-20(23)14-22(28(4,24)25)17-6-8-18(26-3)9-7-17/h5-10,13H,11-12,14H2,1-4H3,(H,21,23). The first kappa shape index (κ1) is 21.6. The number of methoxy groups -OCH3 is 1. The van der Waals surface area contributed by atoms with Crippen LogP contribution in [0.5, 0.6) is 11.5 Å². The van der Waals surface area contributed by atoms with Crippen molar-refractivity contribution in [3.05, 3.63) is 53.6 Å². The fourth-order valence-electron chi connectivity index (χ4n) is 2.65. The molecule has 8 heteroatoms. The van der Waals surface area contributed by atoms with E-state index in [4.69, 9.17) is 9.47 Å². The minimum atomic E-state index is -3.62. The Morgan fingerprint density at radius 1 is 1.11 bits per heavy atom. The van der Waals surface area contributed by atoms with Gasteiger partial charge in [-0.25, -0.2) is 8.42 Å². The van der Waals surface area contributed by atoms with Gasteiger partial charge in [-0.3, -0.25) is 9.10 Å². The number of nitrogens with zero attached hydrogens (tertiary/aromatic N) is 1. The first-order chi connectivity index (χ1) is 13.2. The van der Waals surface area contributed by atoms with E-state index in [-0.39, 0.29) is 19.7 Å². The van der Waals surface area contributed by atoms with E-state index in [1.165, 1.54) is 7.11 Å². The van der Waals surface area contributed by atoms with Gasteiger partial charge in [0.1, 0.15) is 24.7 Å². The summed E-state index contributed by atoms with van der Waals surface area (Å²) in [5, 5.41) is 2.68. The smallest absolute Gasteiger partial charge is 0.240 e. The van der Waals surface area contributed by atoms with Crippen LogP contribution in [-0.4, -0.2) is 47.4 Å². The lowest BCUT2D eigenvalue weighted by Gasteiger charge is -2.22. The quantitative estimate of drug-likeness (QED) is 0.646. The van der Waals surface area contributed by atoms with Crippen LogP contribution in [0.1, 0.15) is 11.1 Å². The van der Waals surface area contributed by atoms with Crippen molar-refractivity contribution in [2.45, 2.75) is 13.8 Å². The molecule has 0 heterocycles. The number of hydrogen-bond acceptors (Lipinski definition) is 5. The van der Waals surface area contributed by atoms with Gasteiger partial charge in [0.05, 0.1) is 25.6 Å². The molecule has 0 unspecified atom stereocenters. The molecule has 0 bridgehead atoms. The highest BCUT2D eigenvalue weighted by molar-refractivity contribution is 7.92. The molecule has 1 amide bonds. The van der Waals surface area contributed by atoms with Crippen molar-refractivity contribution in [2.75, 3.05) is 37.4 Å². The molecule has 152 valence electrons. The number of nitrogens with one attached hydrogen (secondary N) is 1. The van der Waals surface area contributed by atoms with Gasteiger partial charge in [0.2, 0.25) is 15.9 Å². The van der Waals surface area contributed by atoms with Gasteiger partial charge < -0.3 is 14.8 Å². The molecule has 0 fully saturated rings. The number of aryl methyl sites for hydroxylation is 2. The Kier molecular flexibility index (Phi) is 7.28. The summed E-state index contributed by atoms with van der Waals surface area (Å²) in [6.07, 6.45) is 1.06. The highest BCUT2D eigenvalue weighted by Crippen LogP contribution is 2.21. The van der Waals surface area contributed by atoms with Crippen LogP contribution in [0.15, 0.2) is 42.5 Å². The highest BCUT2D eigenvalue weighted by Gasteiger charge is 2.20. The zero-order chi connectivity index (χ0) is 20.7. The van der Waals surface area contributed by atoms with Crippen LogP contribution in [0.3, 0.4) is 0 Å². The zero-order valence-corrected chi connectivity index (χ0v) is 17.4. The number of hydrogen-bond donors (Lipinski definition) is 1. The highest BCUT2D eigenvalue weighted by atomic mass is 32.2. The summed E-state index contributed by atoms with van der Waals surface area (Å²) in [6.45, 7) is 4.21. The molecule has 0 radical (unpaired) electrons. The van der Waals surface area contributed by atoms with Crippen molar-refractivity contribution < 1.29 is 22.7 Å². The van der Waals surface area contributed by atoms with Crippen molar-refractivity contribution in [3.63, 3.8) is 0 Å². The molecular weight excluding hydrogens is 380 g/mol. The molecule has 0 aliphatic carbocycles. The summed E-state index contributed by atoms with van der Waals surface area (Å²) >= 11 is 0. The molecule has 0 saturated heterocycles. The van der Waals surface area contributed by atoms with Crippen LogP contribution in [0.25, 0.3) is 0 Å². The first-order valence-electron chi connectivity index (χ1n) is 8.79. The average Bonchev–Trinajstić information content (AvgIpc) is 2.64. The van der Waals surface area contributed by atoms with Gasteiger partial charge in [0, 0.05) is 0 Å². The van der Waals surface area contributed by atoms with E-state index in [9.17, 15) is 13.2 Å². The number of carbonyl (C=O) groups excluding carboxylic acids is 1. The van der Waals surface area contributed by atoms with E-state index in [2.05, 4.69) is 5.32 Å². The number of amides is 1. The Morgan fingerprint density at radius 3 is 2.36 bits per heavy atom. The zero-order valence-electron chi connectivity index (χ0n) is 16.6. The minimum Gasteiger partial charge on any atom is -0.497 e. The SMILES string of the molecule is COc1ccc(N(CC(=O)NCCOc2ccc(C)cc2C)S(C)(=O)=O)cc1. The Bertz CT molecular complexity index is 911. The van der Waals surface area contributed by atoms with Gasteiger partial charge in [0.25, 0.3) is 0 Å². The lowest BCUT2D eigenvalue weighted by atomic mass is 10.1. The summed E-state index contributed by atoms with van der Waals surface area (Å²) in [6, 6.07) is 12.3. The van der Waals surface area contributed by atoms with Crippen molar-refractivity contribution in [3.8, 4) is 11.5 Å². The monoisotopic (exact) mass is 406 g/mol. The summed E-state index contributed by atoms with van der Waals surface area (Å²) in [5.74, 6) is 0.950. The number of benzene rings is 2. The molecule has 2 aromatic rings. The van der Waals surface area contributed by atoms with Crippen LogP contribution in [0, 0.1) is 13.8 Å². The van der Waals surface area contributed by atoms with Crippen LogP contribution < -0.4 is 19.1 Å². The number of carbonyl (C=O) groups is 1. The van der Waals surface area contributed by atoms with Crippen molar-refractivity contribution >= 4 is 21.6 Å². The molecule has 0 aliphatic rings. The lowest BCUT2D eigenvalue weighted by molar-refractivity contribution is -0.119. The number of anilines is 1. The molecular formula is C20H26N2O5S. The second-order valence-electron chi connectivity index (χ2n) is 6.44. The van der Waals surface area contributed by atoms with E-state index in [1.54, 1.807) is 24.3 Å². The first-order valence-corrected chi connectivity index (χ1v) is 10.6. The van der Waals surface area contributed by atoms with Gasteiger partial charge in [-0.2, -0.15) is 0 Å². The second-order valence-corrected chi connectivity index (χ2v) is 8.34. The topological polar surface area (TPSA) is 84.9 Å². The molecule has 0 atom stereocenters. The van der Waals surface area contributed by atoms with Crippen LogP contribution in [0.4, 0.5) is 5.69 Å². The van der Waals surface area contributed by atoms with Gasteiger partial charge >= 0.3 is 0 Å². The molecule has 1 N–H and O–H groups in total. The molecule has 2 rings (SSSR count). The summed E-state index contributed by atoms with van der Waals surface area (Å²) in [7, 11) is -2.09. The molecule has 28 heavy (non-hydrogen) atoms. The van der Waals surface area contributed by atoms with E-state index >= 15 is 0 Å². The maximum absolute atomic E-state index is 12.2. The van der Waals surface area contributed by atoms with Gasteiger partial charge in [0.15, 0.2) is 0 Å². The lowest BCUT2D eigenvalue weighted by Crippen LogP contribution is -2.41. The Morgan fingerprint density at radius 2 is 1.79 bits per heavy atom. The van der Waals surface area contributed by atoms with Crippen LogP contribution in [0.2, 0.25) is 0 Å². The summed E-state index contributed by atoms with van der Waals surface area (Å²) in [4.78, 5) is 12.2. The molecule has 0 saturated carbocycles. The third kappa shape index (κ3) is 6.16. The molecule has 0 aromatic heterocycles. The second kappa shape index (κ2) is 9.45. The number of sulfonamides is 1. The van der Waals surface area contributed by atoms with Gasteiger partial charge in [-0.15, -0.1) is 0 Å². The third-order valence-electron chi connectivity index (χ3n) is 4.06. The van der Waals surface area contributed by atoms with Gasteiger partial charge in [-0.1, -0.05) is 17.7 Å². The minimum absolute atomic E-state index is 0.270. The van der Waals surface area contributed by atoms with E-state index < -0.39 is 15.9 Å². The molecule has 7 nitrogen and oxygen atoms in total. The maximum atomic E-state index is 12.2.